The third-order valence-corrected chi connectivity index (χ3v) is 4.86. The second-order valence-electron chi connectivity index (χ2n) is 5.86. The predicted molar refractivity (Wildman–Crippen MR) is 88.5 cm³/mol. The lowest BCUT2D eigenvalue weighted by Gasteiger charge is -2.11. The molecule has 0 radical (unpaired) electrons. The predicted octanol–water partition coefficient (Wildman–Crippen LogP) is 1.70. The number of carbonyl (C=O) groups excluding carboxylic acids is 3. The first kappa shape index (κ1) is 15.9. The molecule has 1 saturated carbocycles. The second kappa shape index (κ2) is 6.01. The summed E-state index contributed by atoms with van der Waals surface area (Å²) in [6.07, 6.45) is 1.69. The van der Waals surface area contributed by atoms with Crippen LogP contribution in [0.5, 0.6) is 0 Å². The zero-order valence-electron chi connectivity index (χ0n) is 13.3. The van der Waals surface area contributed by atoms with Gasteiger partial charge in [-0.1, -0.05) is 11.3 Å². The number of hydrogen-bond acceptors (Lipinski definition) is 7. The average Bonchev–Trinajstić information content (AvgIpc) is 3.29. The summed E-state index contributed by atoms with van der Waals surface area (Å²) in [6, 6.07) is 4.53. The van der Waals surface area contributed by atoms with E-state index in [-0.39, 0.29) is 23.4 Å². The van der Waals surface area contributed by atoms with Gasteiger partial charge in [-0.3, -0.25) is 24.6 Å². The summed E-state index contributed by atoms with van der Waals surface area (Å²) in [4.78, 5) is 38.4. The van der Waals surface area contributed by atoms with Gasteiger partial charge in [0.15, 0.2) is 0 Å². The van der Waals surface area contributed by atoms with E-state index in [9.17, 15) is 14.4 Å². The first-order valence-corrected chi connectivity index (χ1v) is 8.54. The number of nitrogens with zero attached hydrogens (tertiary/aromatic N) is 3. The SMILES string of the molecule is COCc1nnc(NC(=O)c2ccc3c(c2)C(=O)N(C2CC2)C3=O)s1. The maximum atomic E-state index is 12.4. The van der Waals surface area contributed by atoms with Gasteiger partial charge >= 0.3 is 0 Å². The monoisotopic (exact) mass is 358 g/mol. The fourth-order valence-corrected chi connectivity index (χ4v) is 3.43. The van der Waals surface area contributed by atoms with Gasteiger partial charge in [-0.25, -0.2) is 0 Å². The van der Waals surface area contributed by atoms with E-state index in [1.807, 2.05) is 0 Å². The molecule has 0 atom stereocenters. The summed E-state index contributed by atoms with van der Waals surface area (Å²) >= 11 is 1.21. The van der Waals surface area contributed by atoms with Crippen molar-refractivity contribution in [3.8, 4) is 0 Å². The van der Waals surface area contributed by atoms with Gasteiger partial charge < -0.3 is 4.74 Å². The molecule has 4 rings (SSSR count). The number of carbonyl (C=O) groups is 3. The highest BCUT2D eigenvalue weighted by atomic mass is 32.1. The molecular formula is C16H14N4O4S. The molecule has 0 bridgehead atoms. The van der Waals surface area contributed by atoms with Gasteiger partial charge in [0.25, 0.3) is 17.7 Å². The van der Waals surface area contributed by atoms with Crippen LogP contribution in [0.2, 0.25) is 0 Å². The van der Waals surface area contributed by atoms with Gasteiger partial charge in [0.2, 0.25) is 5.13 Å². The maximum absolute atomic E-state index is 12.4. The molecule has 3 amide bonds. The molecule has 0 saturated heterocycles. The number of anilines is 1. The van der Waals surface area contributed by atoms with Crippen LogP contribution in [-0.4, -0.2) is 46.0 Å². The molecule has 8 nitrogen and oxygen atoms in total. The first-order valence-electron chi connectivity index (χ1n) is 7.73. The molecule has 1 fully saturated rings. The Bertz CT molecular complexity index is 890. The van der Waals surface area contributed by atoms with Crippen LogP contribution in [0, 0.1) is 0 Å². The third kappa shape index (κ3) is 2.81. The van der Waals surface area contributed by atoms with Crippen LogP contribution in [0.4, 0.5) is 5.13 Å². The summed E-state index contributed by atoms with van der Waals surface area (Å²) in [7, 11) is 1.55. The van der Waals surface area contributed by atoms with Crippen molar-refractivity contribution in [1.82, 2.24) is 15.1 Å². The highest BCUT2D eigenvalue weighted by Crippen LogP contribution is 2.35. The number of amides is 3. The van der Waals surface area contributed by atoms with Gasteiger partial charge in [0.1, 0.15) is 11.6 Å². The molecule has 25 heavy (non-hydrogen) atoms. The molecule has 2 aliphatic rings. The third-order valence-electron chi connectivity index (χ3n) is 4.05. The lowest BCUT2D eigenvalue weighted by Crippen LogP contribution is -2.31. The number of imide groups is 1. The average molecular weight is 358 g/mol. The molecule has 1 aliphatic carbocycles. The summed E-state index contributed by atoms with van der Waals surface area (Å²) in [5, 5.41) is 11.4. The van der Waals surface area contributed by atoms with Crippen LogP contribution >= 0.6 is 11.3 Å². The molecule has 0 spiro atoms. The van der Waals surface area contributed by atoms with E-state index in [2.05, 4.69) is 15.5 Å². The van der Waals surface area contributed by atoms with Gasteiger partial charge in [-0.05, 0) is 31.0 Å². The van der Waals surface area contributed by atoms with Crippen molar-refractivity contribution in [2.45, 2.75) is 25.5 Å². The number of methoxy groups -OCH3 is 1. The molecule has 2 aromatic rings. The van der Waals surface area contributed by atoms with Crippen molar-refractivity contribution in [3.63, 3.8) is 0 Å². The minimum absolute atomic E-state index is 0.00488. The first-order chi connectivity index (χ1) is 12.1. The van der Waals surface area contributed by atoms with Crippen LogP contribution in [-0.2, 0) is 11.3 Å². The minimum Gasteiger partial charge on any atom is -0.377 e. The number of hydrogen-bond donors (Lipinski definition) is 1. The van der Waals surface area contributed by atoms with Crippen molar-refractivity contribution < 1.29 is 19.1 Å². The van der Waals surface area contributed by atoms with E-state index in [4.69, 9.17) is 4.74 Å². The molecule has 1 aliphatic heterocycles. The molecule has 2 heterocycles. The Balaban J connectivity index is 1.55. The topological polar surface area (TPSA) is 101 Å². The second-order valence-corrected chi connectivity index (χ2v) is 6.92. The highest BCUT2D eigenvalue weighted by Gasteiger charge is 2.44. The molecule has 1 aromatic heterocycles. The van der Waals surface area contributed by atoms with E-state index in [1.54, 1.807) is 7.11 Å². The van der Waals surface area contributed by atoms with E-state index < -0.39 is 5.91 Å². The van der Waals surface area contributed by atoms with E-state index >= 15 is 0 Å². The van der Waals surface area contributed by atoms with Gasteiger partial charge in [0.05, 0.1) is 11.1 Å². The van der Waals surface area contributed by atoms with Crippen LogP contribution in [0.3, 0.4) is 0 Å². The van der Waals surface area contributed by atoms with Crippen LogP contribution in [0.25, 0.3) is 0 Å². The van der Waals surface area contributed by atoms with Crippen molar-refractivity contribution in [2.24, 2.45) is 0 Å². The van der Waals surface area contributed by atoms with E-state index in [0.29, 0.717) is 27.9 Å². The van der Waals surface area contributed by atoms with Gasteiger partial charge in [0, 0.05) is 18.7 Å². The largest absolute Gasteiger partial charge is 0.377 e. The van der Waals surface area contributed by atoms with Crippen molar-refractivity contribution in [2.75, 3.05) is 12.4 Å². The molecule has 9 heteroatoms. The Morgan fingerprint density at radius 3 is 2.76 bits per heavy atom. The molecule has 1 aromatic carbocycles. The van der Waals surface area contributed by atoms with E-state index in [0.717, 1.165) is 12.8 Å². The van der Waals surface area contributed by atoms with E-state index in [1.165, 1.54) is 34.4 Å². The van der Waals surface area contributed by atoms with Crippen LogP contribution < -0.4 is 5.32 Å². The zero-order chi connectivity index (χ0) is 17.6. The maximum Gasteiger partial charge on any atom is 0.261 e. The number of ether oxygens (including phenoxy) is 1. The Labute approximate surface area is 146 Å². The zero-order valence-corrected chi connectivity index (χ0v) is 14.1. The summed E-state index contributed by atoms with van der Waals surface area (Å²) in [6.45, 7) is 0.319. The number of aromatic nitrogens is 2. The normalized spacial score (nSPS) is 16.3. The minimum atomic E-state index is -0.409. The fourth-order valence-electron chi connectivity index (χ4n) is 2.72. The van der Waals surface area contributed by atoms with Crippen molar-refractivity contribution in [1.29, 1.82) is 0 Å². The highest BCUT2D eigenvalue weighted by molar-refractivity contribution is 7.15. The quantitative estimate of drug-likeness (QED) is 0.816. The standard InChI is InChI=1S/C16H14N4O4S/c1-24-7-12-18-19-16(25-12)17-13(21)8-2-5-10-11(6-8)15(23)20(14(10)22)9-3-4-9/h2,5-6,9H,3-4,7H2,1H3,(H,17,19,21). The molecule has 128 valence electrons. The number of fused-ring (bicyclic) bond motifs is 1. The van der Waals surface area contributed by atoms with Crippen LogP contribution in [0.15, 0.2) is 18.2 Å². The van der Waals surface area contributed by atoms with Crippen molar-refractivity contribution >= 4 is 34.2 Å². The number of benzene rings is 1. The number of rotatable bonds is 5. The summed E-state index contributed by atoms with van der Waals surface area (Å²) in [5.74, 6) is -1.01. The fraction of sp³-hybridized carbons (Fsp3) is 0.312. The Kier molecular flexibility index (Phi) is 3.81. The summed E-state index contributed by atoms with van der Waals surface area (Å²) < 4.78 is 4.96. The lowest BCUT2D eigenvalue weighted by atomic mass is 10.1. The van der Waals surface area contributed by atoms with Gasteiger partial charge in [-0.15, -0.1) is 10.2 Å². The smallest absolute Gasteiger partial charge is 0.261 e. The number of nitrogens with one attached hydrogen (secondary N) is 1. The van der Waals surface area contributed by atoms with Crippen LogP contribution in [0.1, 0.15) is 48.9 Å². The Morgan fingerprint density at radius 1 is 1.28 bits per heavy atom. The summed E-state index contributed by atoms with van der Waals surface area (Å²) in [5.41, 5.74) is 0.926. The Hall–Kier alpha value is -2.65. The van der Waals surface area contributed by atoms with Gasteiger partial charge in [-0.2, -0.15) is 0 Å². The Morgan fingerprint density at radius 2 is 2.04 bits per heavy atom. The molecule has 0 unspecified atom stereocenters. The molecular weight excluding hydrogens is 344 g/mol. The lowest BCUT2D eigenvalue weighted by molar-refractivity contribution is 0.0642. The molecule has 1 N–H and O–H groups in total. The van der Waals surface area contributed by atoms with Crippen molar-refractivity contribution in [3.05, 3.63) is 39.9 Å².